The number of anilines is 1. The number of pyridine rings is 1. The SMILES string of the molecule is Cc1c(NC(=O)COc2ccccc2Cl)cccc1-c1nc2ncccc2o1. The maximum atomic E-state index is 12.3. The number of amides is 1. The van der Waals surface area contributed by atoms with Crippen LogP contribution in [0.5, 0.6) is 5.75 Å². The van der Waals surface area contributed by atoms with Crippen molar-refractivity contribution in [2.24, 2.45) is 0 Å². The van der Waals surface area contributed by atoms with Crippen LogP contribution < -0.4 is 10.1 Å². The van der Waals surface area contributed by atoms with Gasteiger partial charge in [-0.15, -0.1) is 0 Å². The van der Waals surface area contributed by atoms with E-state index in [4.69, 9.17) is 20.8 Å². The molecule has 0 radical (unpaired) electrons. The van der Waals surface area contributed by atoms with Gasteiger partial charge in [-0.3, -0.25) is 4.79 Å². The molecule has 4 aromatic rings. The van der Waals surface area contributed by atoms with Crippen LogP contribution in [0.4, 0.5) is 5.69 Å². The van der Waals surface area contributed by atoms with Crippen molar-refractivity contribution in [1.29, 1.82) is 0 Å². The second-order valence-corrected chi connectivity index (χ2v) is 6.50. The standard InChI is InChI=1S/C21H16ClN3O3/c1-13-14(21-25-20-18(28-21)10-5-11-23-20)6-4-8-16(13)24-19(26)12-27-17-9-3-2-7-15(17)22/h2-11H,12H2,1H3,(H,24,26). The zero-order valence-corrected chi connectivity index (χ0v) is 15.7. The molecular weight excluding hydrogens is 378 g/mol. The van der Waals surface area contributed by atoms with Gasteiger partial charge in [-0.1, -0.05) is 29.8 Å². The number of hydrogen-bond donors (Lipinski definition) is 1. The molecule has 140 valence electrons. The Bertz CT molecular complexity index is 1120. The largest absolute Gasteiger partial charge is 0.482 e. The number of carbonyl (C=O) groups is 1. The molecule has 0 aliphatic rings. The van der Waals surface area contributed by atoms with E-state index < -0.39 is 0 Å². The molecular formula is C21H16ClN3O3. The van der Waals surface area contributed by atoms with Gasteiger partial charge in [-0.2, -0.15) is 4.98 Å². The Labute approximate surface area is 166 Å². The first-order chi connectivity index (χ1) is 13.6. The topological polar surface area (TPSA) is 77.2 Å². The Balaban J connectivity index is 1.52. The summed E-state index contributed by atoms with van der Waals surface area (Å²) in [6.45, 7) is 1.74. The zero-order chi connectivity index (χ0) is 19.5. The second-order valence-electron chi connectivity index (χ2n) is 6.09. The lowest BCUT2D eigenvalue weighted by Crippen LogP contribution is -2.20. The van der Waals surface area contributed by atoms with Gasteiger partial charge in [0.1, 0.15) is 5.75 Å². The number of ether oxygens (including phenoxy) is 1. The Morgan fingerprint density at radius 1 is 1.14 bits per heavy atom. The van der Waals surface area contributed by atoms with E-state index in [1.807, 2.05) is 31.2 Å². The zero-order valence-electron chi connectivity index (χ0n) is 15.0. The summed E-state index contributed by atoms with van der Waals surface area (Å²) in [5.41, 5.74) is 3.42. The minimum absolute atomic E-state index is 0.153. The summed E-state index contributed by atoms with van der Waals surface area (Å²) in [5, 5.41) is 3.31. The third-order valence-corrected chi connectivity index (χ3v) is 4.51. The van der Waals surface area contributed by atoms with Crippen LogP contribution in [-0.4, -0.2) is 22.5 Å². The molecule has 0 saturated heterocycles. The molecule has 2 aromatic carbocycles. The van der Waals surface area contributed by atoms with Gasteiger partial charge in [0.2, 0.25) is 5.89 Å². The Kier molecular flexibility index (Phi) is 4.95. The maximum Gasteiger partial charge on any atom is 0.262 e. The lowest BCUT2D eigenvalue weighted by atomic mass is 10.1. The second kappa shape index (κ2) is 7.70. The normalized spacial score (nSPS) is 10.8. The summed E-state index contributed by atoms with van der Waals surface area (Å²) in [4.78, 5) is 20.9. The molecule has 0 saturated carbocycles. The number of carbonyl (C=O) groups excluding carboxylic acids is 1. The van der Waals surface area contributed by atoms with Gasteiger partial charge < -0.3 is 14.5 Å². The third-order valence-electron chi connectivity index (χ3n) is 4.20. The number of para-hydroxylation sites is 1. The molecule has 0 bridgehead atoms. The predicted octanol–water partition coefficient (Wildman–Crippen LogP) is 4.87. The summed E-state index contributed by atoms with van der Waals surface area (Å²) in [5.74, 6) is 0.623. The molecule has 6 nitrogen and oxygen atoms in total. The average Bonchev–Trinajstić information content (AvgIpc) is 3.13. The molecule has 1 N–H and O–H groups in total. The number of nitrogens with one attached hydrogen (secondary N) is 1. The molecule has 0 aliphatic heterocycles. The van der Waals surface area contributed by atoms with E-state index in [9.17, 15) is 4.79 Å². The van der Waals surface area contributed by atoms with Crippen LogP contribution in [0.1, 0.15) is 5.56 Å². The Morgan fingerprint density at radius 3 is 2.82 bits per heavy atom. The molecule has 2 aromatic heterocycles. The number of benzene rings is 2. The lowest BCUT2D eigenvalue weighted by molar-refractivity contribution is -0.118. The van der Waals surface area contributed by atoms with E-state index in [0.29, 0.717) is 33.6 Å². The minimum Gasteiger partial charge on any atom is -0.482 e. The van der Waals surface area contributed by atoms with Crippen LogP contribution >= 0.6 is 11.6 Å². The summed E-state index contributed by atoms with van der Waals surface area (Å²) < 4.78 is 11.3. The van der Waals surface area contributed by atoms with Crippen LogP contribution in [0.3, 0.4) is 0 Å². The quantitative estimate of drug-likeness (QED) is 0.523. The summed E-state index contributed by atoms with van der Waals surface area (Å²) in [6.07, 6.45) is 1.66. The first-order valence-corrected chi connectivity index (χ1v) is 8.98. The number of fused-ring (bicyclic) bond motifs is 1. The van der Waals surface area contributed by atoms with E-state index in [1.54, 1.807) is 36.5 Å². The van der Waals surface area contributed by atoms with Crippen molar-refractivity contribution in [3.05, 3.63) is 71.4 Å². The van der Waals surface area contributed by atoms with Crippen molar-refractivity contribution in [3.63, 3.8) is 0 Å². The highest BCUT2D eigenvalue weighted by molar-refractivity contribution is 6.32. The van der Waals surface area contributed by atoms with Crippen molar-refractivity contribution < 1.29 is 13.9 Å². The molecule has 2 heterocycles. The van der Waals surface area contributed by atoms with E-state index in [1.165, 1.54) is 0 Å². The van der Waals surface area contributed by atoms with Gasteiger partial charge in [0.05, 0.1) is 5.02 Å². The van der Waals surface area contributed by atoms with Crippen LogP contribution in [0.15, 0.2) is 65.2 Å². The lowest BCUT2D eigenvalue weighted by Gasteiger charge is -2.12. The van der Waals surface area contributed by atoms with Crippen molar-refractivity contribution >= 4 is 34.4 Å². The molecule has 0 fully saturated rings. The van der Waals surface area contributed by atoms with Crippen molar-refractivity contribution in [2.75, 3.05) is 11.9 Å². The first-order valence-electron chi connectivity index (χ1n) is 8.60. The fourth-order valence-corrected chi connectivity index (χ4v) is 2.97. The third kappa shape index (κ3) is 3.68. The highest BCUT2D eigenvalue weighted by Crippen LogP contribution is 2.30. The average molecular weight is 394 g/mol. The highest BCUT2D eigenvalue weighted by Gasteiger charge is 2.15. The van der Waals surface area contributed by atoms with E-state index in [-0.39, 0.29) is 12.5 Å². The van der Waals surface area contributed by atoms with E-state index >= 15 is 0 Å². The Morgan fingerprint density at radius 2 is 2.00 bits per heavy atom. The molecule has 0 aliphatic carbocycles. The summed E-state index contributed by atoms with van der Waals surface area (Å²) in [6, 6.07) is 16.1. The van der Waals surface area contributed by atoms with Gasteiger partial charge in [0, 0.05) is 17.4 Å². The van der Waals surface area contributed by atoms with E-state index in [0.717, 1.165) is 11.1 Å². The van der Waals surface area contributed by atoms with Crippen LogP contribution in [0.2, 0.25) is 5.02 Å². The number of nitrogens with zero attached hydrogens (tertiary/aromatic N) is 2. The van der Waals surface area contributed by atoms with Crippen LogP contribution in [-0.2, 0) is 4.79 Å². The predicted molar refractivity (Wildman–Crippen MR) is 108 cm³/mol. The number of oxazole rings is 1. The van der Waals surface area contributed by atoms with E-state index in [2.05, 4.69) is 15.3 Å². The molecule has 0 unspecified atom stereocenters. The number of rotatable bonds is 5. The fourth-order valence-electron chi connectivity index (χ4n) is 2.78. The highest BCUT2D eigenvalue weighted by atomic mass is 35.5. The molecule has 0 atom stereocenters. The van der Waals surface area contributed by atoms with Gasteiger partial charge >= 0.3 is 0 Å². The maximum absolute atomic E-state index is 12.3. The van der Waals surface area contributed by atoms with Crippen molar-refractivity contribution in [3.8, 4) is 17.2 Å². The van der Waals surface area contributed by atoms with Crippen LogP contribution in [0, 0.1) is 6.92 Å². The van der Waals surface area contributed by atoms with Gasteiger partial charge in [-0.25, -0.2) is 4.98 Å². The molecule has 1 amide bonds. The fraction of sp³-hybridized carbons (Fsp3) is 0.0952. The van der Waals surface area contributed by atoms with Gasteiger partial charge in [0.25, 0.3) is 5.91 Å². The van der Waals surface area contributed by atoms with Crippen molar-refractivity contribution in [1.82, 2.24) is 9.97 Å². The molecule has 28 heavy (non-hydrogen) atoms. The molecule has 0 spiro atoms. The summed E-state index contributed by atoms with van der Waals surface area (Å²) >= 11 is 6.04. The molecule has 7 heteroatoms. The number of halogens is 1. The monoisotopic (exact) mass is 393 g/mol. The van der Waals surface area contributed by atoms with Gasteiger partial charge in [0.15, 0.2) is 17.8 Å². The minimum atomic E-state index is -0.292. The van der Waals surface area contributed by atoms with Crippen LogP contribution in [0.25, 0.3) is 22.7 Å². The van der Waals surface area contributed by atoms with Crippen molar-refractivity contribution in [2.45, 2.75) is 6.92 Å². The van der Waals surface area contributed by atoms with Gasteiger partial charge in [-0.05, 0) is 48.9 Å². The smallest absolute Gasteiger partial charge is 0.262 e. The number of aromatic nitrogens is 2. The first kappa shape index (κ1) is 18.0. The number of hydrogen-bond acceptors (Lipinski definition) is 5. The Hall–Kier alpha value is -3.38. The summed E-state index contributed by atoms with van der Waals surface area (Å²) in [7, 11) is 0. The molecule has 4 rings (SSSR count).